The van der Waals surface area contributed by atoms with E-state index in [1.54, 1.807) is 47.5 Å². The van der Waals surface area contributed by atoms with Crippen molar-refractivity contribution in [2.24, 2.45) is 5.92 Å². The van der Waals surface area contributed by atoms with E-state index in [9.17, 15) is 14.7 Å². The molecular formula is C23H17BrN2O4. The fourth-order valence-electron chi connectivity index (χ4n) is 4.09. The minimum atomic E-state index is -0.921. The van der Waals surface area contributed by atoms with Crippen LogP contribution in [0.2, 0.25) is 0 Å². The summed E-state index contributed by atoms with van der Waals surface area (Å²) >= 11 is 3.39. The lowest BCUT2D eigenvalue weighted by atomic mass is 9.90. The van der Waals surface area contributed by atoms with Gasteiger partial charge in [0, 0.05) is 4.47 Å². The topological polar surface area (TPSA) is 70.1 Å². The predicted octanol–water partition coefficient (Wildman–Crippen LogP) is 4.21. The number of para-hydroxylation sites is 1. The number of amides is 2. The van der Waals surface area contributed by atoms with Crippen LogP contribution in [0.25, 0.3) is 0 Å². The number of halogens is 1. The summed E-state index contributed by atoms with van der Waals surface area (Å²) in [6, 6.07) is 22.6. The zero-order chi connectivity index (χ0) is 20.8. The van der Waals surface area contributed by atoms with Crippen molar-refractivity contribution in [2.75, 3.05) is 9.96 Å². The van der Waals surface area contributed by atoms with Crippen molar-refractivity contribution in [1.29, 1.82) is 0 Å². The number of benzene rings is 3. The number of imide groups is 1. The lowest BCUT2D eigenvalue weighted by molar-refractivity contribution is -0.126. The van der Waals surface area contributed by atoms with E-state index in [0.29, 0.717) is 5.69 Å². The first-order valence-electron chi connectivity index (χ1n) is 9.48. The molecule has 0 radical (unpaired) electrons. The summed E-state index contributed by atoms with van der Waals surface area (Å²) in [6.07, 6.45) is -0.921. The molecule has 3 aromatic carbocycles. The van der Waals surface area contributed by atoms with E-state index in [4.69, 9.17) is 4.84 Å². The Balaban J connectivity index is 1.59. The Hall–Kier alpha value is -3.16. The SMILES string of the molecule is O=C1[C@@H]2[C@@H](c3ccc(O)cc3)N(c3ccccc3)O[C@H]2C(=O)N1c1cccc(Br)c1. The van der Waals surface area contributed by atoms with Gasteiger partial charge in [-0.2, -0.15) is 0 Å². The maximum atomic E-state index is 13.5. The van der Waals surface area contributed by atoms with E-state index in [1.165, 1.54) is 4.90 Å². The first kappa shape index (κ1) is 18.8. The zero-order valence-electron chi connectivity index (χ0n) is 15.7. The van der Waals surface area contributed by atoms with Crippen LogP contribution in [-0.2, 0) is 14.4 Å². The second kappa shape index (κ2) is 7.27. The molecule has 2 heterocycles. The quantitative estimate of drug-likeness (QED) is 0.588. The third kappa shape index (κ3) is 2.98. The number of hydroxylamine groups is 1. The van der Waals surface area contributed by atoms with Gasteiger partial charge in [0.25, 0.3) is 5.91 Å². The number of hydrogen-bond donors (Lipinski definition) is 1. The molecule has 3 atom stereocenters. The number of carbonyl (C=O) groups is 2. The minimum absolute atomic E-state index is 0.130. The van der Waals surface area contributed by atoms with E-state index >= 15 is 0 Å². The number of anilines is 2. The molecule has 6 nitrogen and oxygen atoms in total. The number of fused-ring (bicyclic) bond motifs is 1. The molecule has 0 unspecified atom stereocenters. The third-order valence-corrected chi connectivity index (χ3v) is 5.92. The Morgan fingerprint density at radius 1 is 0.833 bits per heavy atom. The number of carbonyl (C=O) groups excluding carboxylic acids is 2. The number of hydrogen-bond acceptors (Lipinski definition) is 5. The highest BCUT2D eigenvalue weighted by Crippen LogP contribution is 2.47. The van der Waals surface area contributed by atoms with Gasteiger partial charge in [-0.25, -0.2) is 9.96 Å². The molecule has 0 aromatic heterocycles. The van der Waals surface area contributed by atoms with Crippen LogP contribution in [0, 0.1) is 5.92 Å². The molecule has 1 N–H and O–H groups in total. The Morgan fingerprint density at radius 2 is 1.53 bits per heavy atom. The van der Waals surface area contributed by atoms with Gasteiger partial charge < -0.3 is 5.11 Å². The highest BCUT2D eigenvalue weighted by Gasteiger charge is 2.60. The molecule has 7 heteroatoms. The molecule has 0 bridgehead atoms. The van der Waals surface area contributed by atoms with Crippen molar-refractivity contribution in [2.45, 2.75) is 12.1 Å². The van der Waals surface area contributed by atoms with Crippen LogP contribution < -0.4 is 9.96 Å². The fourth-order valence-corrected chi connectivity index (χ4v) is 4.48. The molecule has 2 saturated heterocycles. The van der Waals surface area contributed by atoms with Crippen molar-refractivity contribution >= 4 is 39.1 Å². The van der Waals surface area contributed by atoms with Crippen LogP contribution >= 0.6 is 15.9 Å². The first-order valence-corrected chi connectivity index (χ1v) is 10.3. The molecule has 0 saturated carbocycles. The van der Waals surface area contributed by atoms with Gasteiger partial charge in [-0.05, 0) is 48.0 Å². The highest BCUT2D eigenvalue weighted by molar-refractivity contribution is 9.10. The lowest BCUT2D eigenvalue weighted by Gasteiger charge is -2.28. The van der Waals surface area contributed by atoms with Gasteiger partial charge in [0.15, 0.2) is 6.10 Å². The molecule has 30 heavy (non-hydrogen) atoms. The Bertz CT molecular complexity index is 1120. The monoisotopic (exact) mass is 464 g/mol. The largest absolute Gasteiger partial charge is 0.508 e. The van der Waals surface area contributed by atoms with Gasteiger partial charge in [0.1, 0.15) is 11.7 Å². The molecule has 0 spiro atoms. The average Bonchev–Trinajstić information content (AvgIpc) is 3.26. The molecule has 3 aromatic rings. The molecule has 2 aliphatic rings. The third-order valence-electron chi connectivity index (χ3n) is 5.43. The van der Waals surface area contributed by atoms with Gasteiger partial charge >= 0.3 is 0 Å². The second-order valence-electron chi connectivity index (χ2n) is 7.24. The molecule has 2 aliphatic heterocycles. The van der Waals surface area contributed by atoms with Crippen molar-refractivity contribution in [1.82, 2.24) is 0 Å². The molecule has 5 rings (SSSR count). The standard InChI is InChI=1S/C23H17BrN2O4/c24-15-5-4-8-17(13-15)25-22(28)19-20(14-9-11-18(27)12-10-14)26(30-21(19)23(25)29)16-6-2-1-3-7-16/h1-13,19-21,27H/t19-,20-,21-/m1/s1. The minimum Gasteiger partial charge on any atom is -0.508 e. The number of phenols is 1. The van der Waals surface area contributed by atoms with E-state index in [-0.39, 0.29) is 17.6 Å². The van der Waals surface area contributed by atoms with Crippen molar-refractivity contribution in [3.63, 3.8) is 0 Å². The number of phenolic OH excluding ortho intramolecular Hbond substituents is 1. The Morgan fingerprint density at radius 3 is 2.23 bits per heavy atom. The maximum absolute atomic E-state index is 13.5. The number of aromatic hydroxyl groups is 1. The van der Waals surface area contributed by atoms with Gasteiger partial charge in [-0.15, -0.1) is 0 Å². The molecule has 0 aliphatic carbocycles. The highest BCUT2D eigenvalue weighted by atomic mass is 79.9. The number of nitrogens with zero attached hydrogens (tertiary/aromatic N) is 2. The first-order chi connectivity index (χ1) is 14.5. The van der Waals surface area contributed by atoms with E-state index in [1.807, 2.05) is 36.4 Å². The average molecular weight is 465 g/mol. The Kier molecular flexibility index (Phi) is 4.56. The van der Waals surface area contributed by atoms with Gasteiger partial charge in [0.2, 0.25) is 5.91 Å². The summed E-state index contributed by atoms with van der Waals surface area (Å²) in [4.78, 5) is 34.0. The summed E-state index contributed by atoms with van der Waals surface area (Å²) in [5, 5.41) is 11.3. The second-order valence-corrected chi connectivity index (χ2v) is 8.16. The summed E-state index contributed by atoms with van der Waals surface area (Å²) in [5.41, 5.74) is 2.04. The van der Waals surface area contributed by atoms with E-state index in [2.05, 4.69) is 15.9 Å². The van der Waals surface area contributed by atoms with Gasteiger partial charge in [0.05, 0.1) is 17.4 Å². The zero-order valence-corrected chi connectivity index (χ0v) is 17.3. The summed E-state index contributed by atoms with van der Waals surface area (Å²) in [5.74, 6) is -1.27. The Labute approximate surface area is 181 Å². The van der Waals surface area contributed by atoms with Crippen LogP contribution in [0.15, 0.2) is 83.3 Å². The molecule has 150 valence electrons. The van der Waals surface area contributed by atoms with Crippen LogP contribution in [0.1, 0.15) is 11.6 Å². The lowest BCUT2D eigenvalue weighted by Crippen LogP contribution is -2.37. The molecular weight excluding hydrogens is 448 g/mol. The summed E-state index contributed by atoms with van der Waals surface area (Å²) in [6.45, 7) is 0. The van der Waals surface area contributed by atoms with E-state index in [0.717, 1.165) is 15.7 Å². The van der Waals surface area contributed by atoms with Crippen molar-refractivity contribution in [3.05, 3.63) is 88.9 Å². The van der Waals surface area contributed by atoms with Crippen LogP contribution in [0.5, 0.6) is 5.75 Å². The van der Waals surface area contributed by atoms with E-state index < -0.39 is 18.1 Å². The van der Waals surface area contributed by atoms with Crippen molar-refractivity contribution < 1.29 is 19.5 Å². The van der Waals surface area contributed by atoms with Crippen LogP contribution in [0.3, 0.4) is 0 Å². The maximum Gasteiger partial charge on any atom is 0.266 e. The fraction of sp³-hybridized carbons (Fsp3) is 0.130. The predicted molar refractivity (Wildman–Crippen MR) is 115 cm³/mol. The smallest absolute Gasteiger partial charge is 0.266 e. The molecule has 2 fully saturated rings. The van der Waals surface area contributed by atoms with Crippen LogP contribution in [-0.4, -0.2) is 23.0 Å². The summed E-state index contributed by atoms with van der Waals surface area (Å²) in [7, 11) is 0. The van der Waals surface area contributed by atoms with Gasteiger partial charge in [-0.3, -0.25) is 14.4 Å². The number of rotatable bonds is 3. The normalized spacial score (nSPS) is 23.2. The van der Waals surface area contributed by atoms with Crippen LogP contribution in [0.4, 0.5) is 11.4 Å². The summed E-state index contributed by atoms with van der Waals surface area (Å²) < 4.78 is 0.777. The molecule has 2 amide bonds. The van der Waals surface area contributed by atoms with Gasteiger partial charge in [-0.1, -0.05) is 52.3 Å². The van der Waals surface area contributed by atoms with Crippen molar-refractivity contribution in [3.8, 4) is 5.75 Å².